The molecular weight excluding hydrogens is 231 g/mol. The van der Waals surface area contributed by atoms with Crippen LogP contribution in [0.15, 0.2) is 30.5 Å². The van der Waals surface area contributed by atoms with E-state index in [0.717, 1.165) is 5.69 Å². The second kappa shape index (κ2) is 4.90. The van der Waals surface area contributed by atoms with Gasteiger partial charge in [0.1, 0.15) is 5.82 Å². The Balaban J connectivity index is 2.53. The van der Waals surface area contributed by atoms with Crippen LogP contribution in [0.25, 0.3) is 5.69 Å². The molecule has 1 aromatic carbocycles. The molecule has 2 aromatic rings. The molecule has 1 aromatic heterocycles. The first-order valence-corrected chi connectivity index (χ1v) is 6.03. The van der Waals surface area contributed by atoms with Crippen LogP contribution >= 0.6 is 0 Å². The van der Waals surface area contributed by atoms with Gasteiger partial charge in [-0.15, -0.1) is 0 Å². The lowest BCUT2D eigenvalue weighted by Crippen LogP contribution is -2.06. The molecule has 0 bridgehead atoms. The van der Waals surface area contributed by atoms with Crippen LogP contribution in [0.5, 0.6) is 0 Å². The van der Waals surface area contributed by atoms with Crippen molar-refractivity contribution in [2.24, 2.45) is 0 Å². The van der Waals surface area contributed by atoms with E-state index in [1.807, 2.05) is 19.9 Å². The second-order valence-corrected chi connectivity index (χ2v) is 4.69. The Labute approximate surface area is 106 Å². The highest BCUT2D eigenvalue weighted by atomic mass is 19.1. The molecule has 1 atom stereocenters. The van der Waals surface area contributed by atoms with Gasteiger partial charge in [0, 0.05) is 11.8 Å². The molecule has 0 unspecified atom stereocenters. The number of halogens is 1. The summed E-state index contributed by atoms with van der Waals surface area (Å²) in [5.41, 5.74) is 1.80. The summed E-state index contributed by atoms with van der Waals surface area (Å²) in [6.07, 6.45) is 0.920. The molecule has 0 fully saturated rings. The lowest BCUT2D eigenvalue weighted by molar-refractivity contribution is 0.194. The minimum Gasteiger partial charge on any atom is -0.389 e. The van der Waals surface area contributed by atoms with E-state index in [9.17, 15) is 9.50 Å². The topological polar surface area (TPSA) is 38.0 Å². The van der Waals surface area contributed by atoms with Crippen molar-refractivity contribution in [2.75, 3.05) is 0 Å². The summed E-state index contributed by atoms with van der Waals surface area (Å²) in [5, 5.41) is 14.1. The van der Waals surface area contributed by atoms with Gasteiger partial charge < -0.3 is 5.11 Å². The molecule has 1 N–H and O–H groups in total. The molecule has 96 valence electrons. The zero-order valence-corrected chi connectivity index (χ0v) is 10.8. The van der Waals surface area contributed by atoms with E-state index in [-0.39, 0.29) is 5.56 Å². The molecule has 3 nitrogen and oxygen atoms in total. The van der Waals surface area contributed by atoms with Crippen molar-refractivity contribution in [3.8, 4) is 5.69 Å². The maximum atomic E-state index is 13.8. The van der Waals surface area contributed by atoms with Crippen molar-refractivity contribution < 1.29 is 9.50 Å². The molecule has 0 radical (unpaired) electrons. The number of aliphatic hydroxyl groups excluding tert-OH is 1. The monoisotopic (exact) mass is 248 g/mol. The highest BCUT2D eigenvalue weighted by Crippen LogP contribution is 2.25. The zero-order valence-electron chi connectivity index (χ0n) is 10.8. The smallest absolute Gasteiger partial charge is 0.131 e. The third kappa shape index (κ3) is 2.29. The van der Waals surface area contributed by atoms with Crippen LogP contribution in [0.1, 0.15) is 44.1 Å². The van der Waals surface area contributed by atoms with Crippen molar-refractivity contribution in [3.63, 3.8) is 0 Å². The Morgan fingerprint density at radius 3 is 2.50 bits per heavy atom. The van der Waals surface area contributed by atoms with Crippen molar-refractivity contribution >= 4 is 0 Å². The molecule has 1 heterocycles. The number of benzene rings is 1. The lowest BCUT2D eigenvalue weighted by Gasteiger charge is -2.13. The normalized spacial score (nSPS) is 13.0. The van der Waals surface area contributed by atoms with E-state index in [1.54, 1.807) is 29.9 Å². The minimum absolute atomic E-state index is 0.274. The van der Waals surface area contributed by atoms with Crippen LogP contribution in [0, 0.1) is 5.82 Å². The van der Waals surface area contributed by atoms with Crippen molar-refractivity contribution in [1.82, 2.24) is 9.78 Å². The van der Waals surface area contributed by atoms with Gasteiger partial charge in [0.05, 0.1) is 17.5 Å². The summed E-state index contributed by atoms with van der Waals surface area (Å²) in [6, 6.07) is 6.62. The molecule has 0 saturated heterocycles. The molecule has 2 rings (SSSR count). The summed E-state index contributed by atoms with van der Waals surface area (Å²) < 4.78 is 15.4. The zero-order chi connectivity index (χ0) is 13.3. The molecule has 0 aliphatic carbocycles. The van der Waals surface area contributed by atoms with Crippen molar-refractivity contribution in [2.45, 2.75) is 32.8 Å². The van der Waals surface area contributed by atoms with E-state index in [2.05, 4.69) is 5.10 Å². The van der Waals surface area contributed by atoms with E-state index in [1.165, 1.54) is 6.07 Å². The average Bonchev–Trinajstić information content (AvgIpc) is 2.77. The molecule has 0 saturated carbocycles. The molecule has 0 aliphatic rings. The standard InChI is InChI=1S/C14H17FN2O/c1-9(2)12-7-8-17(16-12)13-6-4-5-11(15)14(13)10(3)18/h4-10,18H,1-3H3/t10-/m1/s1. The van der Waals surface area contributed by atoms with Gasteiger partial charge in [-0.1, -0.05) is 19.9 Å². The largest absolute Gasteiger partial charge is 0.389 e. The number of aliphatic hydroxyl groups is 1. The fourth-order valence-corrected chi connectivity index (χ4v) is 1.92. The fourth-order valence-electron chi connectivity index (χ4n) is 1.92. The number of hydrogen-bond donors (Lipinski definition) is 1. The maximum absolute atomic E-state index is 13.8. The van der Waals surface area contributed by atoms with Crippen LogP contribution in [0.4, 0.5) is 4.39 Å². The van der Waals surface area contributed by atoms with Gasteiger partial charge in [0.2, 0.25) is 0 Å². The van der Waals surface area contributed by atoms with Gasteiger partial charge in [-0.2, -0.15) is 5.10 Å². The van der Waals surface area contributed by atoms with Gasteiger partial charge in [-0.25, -0.2) is 9.07 Å². The molecule has 0 spiro atoms. The molecular formula is C14H17FN2O. The SMILES string of the molecule is CC(C)c1ccn(-c2cccc(F)c2[C@@H](C)O)n1. The van der Waals surface area contributed by atoms with Gasteiger partial charge in [-0.3, -0.25) is 0 Å². The molecule has 18 heavy (non-hydrogen) atoms. The van der Waals surface area contributed by atoms with Crippen LogP contribution in [0.3, 0.4) is 0 Å². The second-order valence-electron chi connectivity index (χ2n) is 4.69. The maximum Gasteiger partial charge on any atom is 0.131 e. The first-order valence-electron chi connectivity index (χ1n) is 6.03. The first-order chi connectivity index (χ1) is 8.50. The molecule has 0 amide bonds. The molecule has 4 heteroatoms. The lowest BCUT2D eigenvalue weighted by atomic mass is 10.1. The predicted octanol–water partition coefficient (Wildman–Crippen LogP) is 3.19. The molecule has 0 aliphatic heterocycles. The van der Waals surface area contributed by atoms with E-state index >= 15 is 0 Å². The minimum atomic E-state index is -0.868. The summed E-state index contributed by atoms with van der Waals surface area (Å²) in [4.78, 5) is 0. The van der Waals surface area contributed by atoms with Gasteiger partial charge in [0.25, 0.3) is 0 Å². The summed E-state index contributed by atoms with van der Waals surface area (Å²) in [5.74, 6) is -0.0982. The van der Waals surface area contributed by atoms with Crippen molar-refractivity contribution in [3.05, 3.63) is 47.5 Å². The van der Waals surface area contributed by atoms with Crippen LogP contribution in [-0.4, -0.2) is 14.9 Å². The van der Waals surface area contributed by atoms with Crippen LogP contribution < -0.4 is 0 Å². The van der Waals surface area contributed by atoms with E-state index < -0.39 is 11.9 Å². The third-order valence-corrected chi connectivity index (χ3v) is 2.90. The Kier molecular flexibility index (Phi) is 3.48. The van der Waals surface area contributed by atoms with Gasteiger partial charge >= 0.3 is 0 Å². The van der Waals surface area contributed by atoms with Crippen molar-refractivity contribution in [1.29, 1.82) is 0 Å². The fraction of sp³-hybridized carbons (Fsp3) is 0.357. The highest BCUT2D eigenvalue weighted by Gasteiger charge is 2.15. The third-order valence-electron chi connectivity index (χ3n) is 2.90. The Bertz CT molecular complexity index is 546. The Hall–Kier alpha value is -1.68. The Morgan fingerprint density at radius 1 is 1.22 bits per heavy atom. The van der Waals surface area contributed by atoms with E-state index in [0.29, 0.717) is 11.6 Å². The summed E-state index contributed by atoms with van der Waals surface area (Å²) >= 11 is 0. The average molecular weight is 248 g/mol. The van der Waals surface area contributed by atoms with E-state index in [4.69, 9.17) is 0 Å². The summed E-state index contributed by atoms with van der Waals surface area (Å²) in [7, 11) is 0. The van der Waals surface area contributed by atoms with Gasteiger partial charge in [0.15, 0.2) is 0 Å². The van der Waals surface area contributed by atoms with Crippen LogP contribution in [0.2, 0.25) is 0 Å². The number of nitrogens with zero attached hydrogens (tertiary/aromatic N) is 2. The van der Waals surface area contributed by atoms with Gasteiger partial charge in [-0.05, 0) is 31.0 Å². The number of rotatable bonds is 3. The first kappa shape index (κ1) is 12.8. The predicted molar refractivity (Wildman–Crippen MR) is 68.2 cm³/mol. The highest BCUT2D eigenvalue weighted by molar-refractivity contribution is 5.42. The number of aromatic nitrogens is 2. The number of hydrogen-bond acceptors (Lipinski definition) is 2. The quantitative estimate of drug-likeness (QED) is 0.905. The van der Waals surface area contributed by atoms with Crippen LogP contribution in [-0.2, 0) is 0 Å². The summed E-state index contributed by atoms with van der Waals surface area (Å²) in [6.45, 7) is 5.65. The Morgan fingerprint density at radius 2 is 1.94 bits per heavy atom.